The van der Waals surface area contributed by atoms with Gasteiger partial charge in [0.1, 0.15) is 5.82 Å². The molecule has 0 atom stereocenters. The van der Waals surface area contributed by atoms with Crippen LogP contribution >= 0.6 is 0 Å². The Morgan fingerprint density at radius 2 is 2.19 bits per heavy atom. The molecule has 0 radical (unpaired) electrons. The summed E-state index contributed by atoms with van der Waals surface area (Å²) in [6.07, 6.45) is 2.98. The molecule has 1 aromatic rings. The zero-order valence-corrected chi connectivity index (χ0v) is 13.1. The minimum atomic E-state index is -0.859. The van der Waals surface area contributed by atoms with Crippen molar-refractivity contribution in [2.45, 2.75) is 52.0 Å². The van der Waals surface area contributed by atoms with E-state index >= 15 is 0 Å². The summed E-state index contributed by atoms with van der Waals surface area (Å²) in [6.45, 7) is 7.28. The van der Waals surface area contributed by atoms with Gasteiger partial charge in [-0.2, -0.15) is 0 Å². The van der Waals surface area contributed by atoms with Crippen LogP contribution in [0, 0.1) is 0 Å². The quantitative estimate of drug-likeness (QED) is 0.894. The van der Waals surface area contributed by atoms with Crippen LogP contribution in [-0.4, -0.2) is 39.7 Å². The van der Waals surface area contributed by atoms with Crippen LogP contribution in [0.2, 0.25) is 0 Å². The molecule has 5 heteroatoms. The van der Waals surface area contributed by atoms with E-state index in [1.54, 1.807) is 0 Å². The molecule has 0 saturated carbocycles. The number of aromatic nitrogens is 1. The Hall–Kier alpha value is -1.78. The van der Waals surface area contributed by atoms with Crippen molar-refractivity contribution < 1.29 is 9.90 Å². The average Bonchev–Trinajstić information content (AvgIpc) is 2.41. The molecule has 5 nitrogen and oxygen atoms in total. The average molecular weight is 291 g/mol. The van der Waals surface area contributed by atoms with Crippen LogP contribution < -0.4 is 5.32 Å². The number of amides is 1. The standard InChI is InChI=1S/C16H25N3O2/c1-16(2,3)19(15(20)21)11-5-7-13-9-8-12-6-4-10-17-14(12)18-13/h8-9H,4-7,10-11H2,1-3H3,(H,17,18)(H,20,21). The minimum Gasteiger partial charge on any atom is -0.465 e. The Balaban J connectivity index is 1.92. The van der Waals surface area contributed by atoms with Crippen molar-refractivity contribution in [3.63, 3.8) is 0 Å². The van der Waals surface area contributed by atoms with E-state index in [0.717, 1.165) is 43.7 Å². The number of carbonyl (C=O) groups is 1. The minimum absolute atomic E-state index is 0.364. The fourth-order valence-electron chi connectivity index (χ4n) is 2.64. The highest BCUT2D eigenvalue weighted by atomic mass is 16.4. The Kier molecular flexibility index (Phi) is 4.70. The van der Waals surface area contributed by atoms with Gasteiger partial charge in [-0.15, -0.1) is 0 Å². The molecule has 0 fully saturated rings. The number of pyridine rings is 1. The van der Waals surface area contributed by atoms with E-state index in [1.807, 2.05) is 20.8 Å². The zero-order chi connectivity index (χ0) is 15.5. The number of fused-ring (bicyclic) bond motifs is 1. The molecule has 0 unspecified atom stereocenters. The zero-order valence-electron chi connectivity index (χ0n) is 13.1. The topological polar surface area (TPSA) is 65.5 Å². The molecule has 116 valence electrons. The van der Waals surface area contributed by atoms with Crippen molar-refractivity contribution in [2.24, 2.45) is 0 Å². The maximum absolute atomic E-state index is 11.3. The number of carboxylic acid groups (broad SMARTS) is 1. The highest BCUT2D eigenvalue weighted by Crippen LogP contribution is 2.20. The van der Waals surface area contributed by atoms with Crippen LogP contribution in [0.1, 0.15) is 44.9 Å². The number of nitrogens with one attached hydrogen (secondary N) is 1. The first-order valence-corrected chi connectivity index (χ1v) is 7.61. The van der Waals surface area contributed by atoms with Gasteiger partial charge in [0.15, 0.2) is 0 Å². The molecule has 1 aliphatic heterocycles. The van der Waals surface area contributed by atoms with Crippen LogP contribution in [0.3, 0.4) is 0 Å². The first-order chi connectivity index (χ1) is 9.88. The van der Waals surface area contributed by atoms with Crippen LogP contribution in [0.15, 0.2) is 12.1 Å². The van der Waals surface area contributed by atoms with Gasteiger partial charge in [0.05, 0.1) is 0 Å². The number of anilines is 1. The van der Waals surface area contributed by atoms with E-state index in [4.69, 9.17) is 0 Å². The van der Waals surface area contributed by atoms with Crippen LogP contribution in [-0.2, 0) is 12.8 Å². The van der Waals surface area contributed by atoms with Crippen molar-refractivity contribution in [2.75, 3.05) is 18.4 Å². The lowest BCUT2D eigenvalue weighted by Crippen LogP contribution is -2.45. The number of aryl methyl sites for hydroxylation is 2. The van der Waals surface area contributed by atoms with Crippen molar-refractivity contribution in [1.29, 1.82) is 0 Å². The van der Waals surface area contributed by atoms with E-state index in [9.17, 15) is 9.90 Å². The van der Waals surface area contributed by atoms with Crippen molar-refractivity contribution in [1.82, 2.24) is 9.88 Å². The second-order valence-corrected chi connectivity index (χ2v) is 6.55. The molecule has 0 aliphatic carbocycles. The van der Waals surface area contributed by atoms with Gasteiger partial charge in [0, 0.05) is 24.3 Å². The number of nitrogens with zero attached hydrogens (tertiary/aromatic N) is 2. The molecular weight excluding hydrogens is 266 g/mol. The van der Waals surface area contributed by atoms with Gasteiger partial charge in [-0.25, -0.2) is 9.78 Å². The SMILES string of the molecule is CC(C)(C)N(CCCc1ccc2c(n1)NCCC2)C(=O)O. The fraction of sp³-hybridized carbons (Fsp3) is 0.625. The fourth-order valence-corrected chi connectivity index (χ4v) is 2.64. The van der Waals surface area contributed by atoms with Gasteiger partial charge < -0.3 is 15.3 Å². The summed E-state index contributed by atoms with van der Waals surface area (Å²) >= 11 is 0. The lowest BCUT2D eigenvalue weighted by Gasteiger charge is -2.33. The Bertz CT molecular complexity index is 509. The molecule has 1 amide bonds. The summed E-state index contributed by atoms with van der Waals surface area (Å²) in [7, 11) is 0. The molecule has 1 aliphatic rings. The van der Waals surface area contributed by atoms with Crippen molar-refractivity contribution in [3.05, 3.63) is 23.4 Å². The molecule has 0 aromatic carbocycles. The smallest absolute Gasteiger partial charge is 0.407 e. The molecule has 1 aromatic heterocycles. The van der Waals surface area contributed by atoms with Crippen LogP contribution in [0.4, 0.5) is 10.6 Å². The summed E-state index contributed by atoms with van der Waals surface area (Å²) in [5.74, 6) is 1.00. The molecule has 21 heavy (non-hydrogen) atoms. The van der Waals surface area contributed by atoms with E-state index in [1.165, 1.54) is 10.5 Å². The Morgan fingerprint density at radius 1 is 1.43 bits per heavy atom. The van der Waals surface area contributed by atoms with Gasteiger partial charge in [-0.3, -0.25) is 0 Å². The molecule has 0 spiro atoms. The number of hydrogen-bond acceptors (Lipinski definition) is 3. The molecule has 2 N–H and O–H groups in total. The highest BCUT2D eigenvalue weighted by molar-refractivity contribution is 5.65. The third-order valence-electron chi connectivity index (χ3n) is 3.81. The van der Waals surface area contributed by atoms with E-state index in [-0.39, 0.29) is 5.54 Å². The third kappa shape index (κ3) is 4.09. The molecular formula is C16H25N3O2. The van der Waals surface area contributed by atoms with Gasteiger partial charge in [0.25, 0.3) is 0 Å². The number of hydrogen-bond donors (Lipinski definition) is 2. The summed E-state index contributed by atoms with van der Waals surface area (Å²) < 4.78 is 0. The summed E-state index contributed by atoms with van der Waals surface area (Å²) in [4.78, 5) is 17.4. The first-order valence-electron chi connectivity index (χ1n) is 7.61. The second kappa shape index (κ2) is 6.33. The molecule has 0 saturated heterocycles. The predicted octanol–water partition coefficient (Wildman–Crippen LogP) is 3.15. The van der Waals surface area contributed by atoms with Gasteiger partial charge in [0.2, 0.25) is 0 Å². The van der Waals surface area contributed by atoms with E-state index in [2.05, 4.69) is 22.4 Å². The summed E-state index contributed by atoms with van der Waals surface area (Å²) in [5, 5.41) is 12.6. The molecule has 2 rings (SSSR count). The second-order valence-electron chi connectivity index (χ2n) is 6.55. The maximum Gasteiger partial charge on any atom is 0.407 e. The van der Waals surface area contributed by atoms with Gasteiger partial charge >= 0.3 is 6.09 Å². The maximum atomic E-state index is 11.3. The third-order valence-corrected chi connectivity index (χ3v) is 3.81. The Labute approximate surface area is 126 Å². The van der Waals surface area contributed by atoms with Crippen molar-refractivity contribution >= 4 is 11.9 Å². The predicted molar refractivity (Wildman–Crippen MR) is 83.9 cm³/mol. The summed E-state index contributed by atoms with van der Waals surface area (Å²) in [6, 6.07) is 4.20. The Morgan fingerprint density at radius 3 is 2.86 bits per heavy atom. The molecule has 0 bridgehead atoms. The number of rotatable bonds is 4. The summed E-state index contributed by atoms with van der Waals surface area (Å²) in [5.41, 5.74) is 1.95. The van der Waals surface area contributed by atoms with Gasteiger partial charge in [-0.1, -0.05) is 6.07 Å². The highest BCUT2D eigenvalue weighted by Gasteiger charge is 2.25. The van der Waals surface area contributed by atoms with Crippen LogP contribution in [0.25, 0.3) is 0 Å². The van der Waals surface area contributed by atoms with E-state index in [0.29, 0.717) is 6.54 Å². The van der Waals surface area contributed by atoms with Crippen LogP contribution in [0.5, 0.6) is 0 Å². The van der Waals surface area contributed by atoms with Crippen molar-refractivity contribution in [3.8, 4) is 0 Å². The normalized spacial score (nSPS) is 14.2. The monoisotopic (exact) mass is 291 g/mol. The van der Waals surface area contributed by atoms with E-state index < -0.39 is 6.09 Å². The molecule has 2 heterocycles. The largest absolute Gasteiger partial charge is 0.465 e. The first kappa shape index (κ1) is 15.6. The van der Waals surface area contributed by atoms with Gasteiger partial charge in [-0.05, 0) is 58.1 Å². The lowest BCUT2D eigenvalue weighted by molar-refractivity contribution is 0.0995. The lowest BCUT2D eigenvalue weighted by atomic mass is 10.0.